The third kappa shape index (κ3) is 4.90. The first kappa shape index (κ1) is 16.6. The summed E-state index contributed by atoms with van der Waals surface area (Å²) in [6.07, 6.45) is 1.66. The van der Waals surface area contributed by atoms with Gasteiger partial charge in [-0.1, -0.05) is 42.0 Å². The van der Waals surface area contributed by atoms with Crippen molar-refractivity contribution >= 4 is 17.7 Å². The largest absolute Gasteiger partial charge is 0.387 e. The Morgan fingerprint density at radius 2 is 1.95 bits per heavy atom. The molecule has 0 aliphatic carbocycles. The van der Waals surface area contributed by atoms with Crippen molar-refractivity contribution in [3.63, 3.8) is 0 Å². The molecule has 0 unspecified atom stereocenters. The van der Waals surface area contributed by atoms with E-state index in [4.69, 9.17) is 0 Å². The summed E-state index contributed by atoms with van der Waals surface area (Å²) in [6, 6.07) is 15.6. The van der Waals surface area contributed by atoms with Gasteiger partial charge in [0.05, 0.1) is 12.5 Å². The van der Waals surface area contributed by atoms with E-state index in [1.165, 1.54) is 0 Å². The summed E-state index contributed by atoms with van der Waals surface area (Å²) in [4.78, 5) is 13.1. The second-order valence-corrected chi connectivity index (χ2v) is 6.14. The molecular weight excluding hydrogens is 294 g/mol. The highest BCUT2D eigenvalue weighted by Crippen LogP contribution is 2.18. The van der Waals surface area contributed by atoms with Gasteiger partial charge in [-0.25, -0.2) is 0 Å². The third-order valence-corrected chi connectivity index (χ3v) is 4.18. The average Bonchev–Trinajstić information content (AvgIpc) is 2.52. The minimum absolute atomic E-state index is 0.0783. The molecule has 0 spiro atoms. The van der Waals surface area contributed by atoms with Gasteiger partial charge < -0.3 is 10.4 Å². The van der Waals surface area contributed by atoms with Gasteiger partial charge in [0, 0.05) is 11.4 Å². The third-order valence-electron chi connectivity index (χ3n) is 3.44. The fourth-order valence-electron chi connectivity index (χ4n) is 2.22. The van der Waals surface area contributed by atoms with Crippen LogP contribution in [0.2, 0.25) is 0 Å². The van der Waals surface area contributed by atoms with Crippen LogP contribution in [0.25, 0.3) is 0 Å². The predicted octanol–water partition coefficient (Wildman–Crippen LogP) is 3.11. The van der Waals surface area contributed by atoms with E-state index in [0.29, 0.717) is 6.42 Å². The number of aryl methyl sites for hydroxylation is 1. The molecule has 3 nitrogen and oxygen atoms in total. The van der Waals surface area contributed by atoms with Crippen LogP contribution in [0, 0.1) is 6.92 Å². The van der Waals surface area contributed by atoms with E-state index in [1.807, 2.05) is 61.7 Å². The molecule has 1 amide bonds. The van der Waals surface area contributed by atoms with E-state index in [9.17, 15) is 9.90 Å². The summed E-state index contributed by atoms with van der Waals surface area (Å²) in [5, 5.41) is 12.9. The van der Waals surface area contributed by atoms with Gasteiger partial charge in [0.2, 0.25) is 5.91 Å². The highest BCUT2D eigenvalue weighted by molar-refractivity contribution is 7.98. The molecule has 0 aliphatic rings. The average molecular weight is 315 g/mol. The second kappa shape index (κ2) is 8.01. The number of hydrogen-bond acceptors (Lipinski definition) is 3. The standard InChI is InChI=1S/C18H21NO2S/c1-13-4-3-5-14(10-13)11-18(21)19-12-17(20)15-6-8-16(22-2)9-7-15/h3-10,17,20H,11-12H2,1-2H3,(H,19,21)/t17-/m1/s1. The number of aliphatic hydroxyl groups excluding tert-OH is 1. The molecule has 22 heavy (non-hydrogen) atoms. The predicted molar refractivity (Wildman–Crippen MR) is 91.1 cm³/mol. The smallest absolute Gasteiger partial charge is 0.224 e. The summed E-state index contributed by atoms with van der Waals surface area (Å²) in [7, 11) is 0. The van der Waals surface area contributed by atoms with Crippen molar-refractivity contribution in [2.24, 2.45) is 0 Å². The molecule has 0 heterocycles. The van der Waals surface area contributed by atoms with Crippen molar-refractivity contribution in [1.29, 1.82) is 0 Å². The topological polar surface area (TPSA) is 49.3 Å². The monoisotopic (exact) mass is 315 g/mol. The van der Waals surface area contributed by atoms with Crippen molar-refractivity contribution in [3.05, 3.63) is 65.2 Å². The number of hydrogen-bond donors (Lipinski definition) is 2. The molecule has 2 N–H and O–H groups in total. The molecule has 0 aromatic heterocycles. The number of amides is 1. The summed E-state index contributed by atoms with van der Waals surface area (Å²) >= 11 is 1.66. The molecule has 4 heteroatoms. The molecule has 116 valence electrons. The van der Waals surface area contributed by atoms with Crippen LogP contribution in [0.3, 0.4) is 0 Å². The zero-order chi connectivity index (χ0) is 15.9. The van der Waals surface area contributed by atoms with E-state index in [0.717, 1.165) is 21.6 Å². The van der Waals surface area contributed by atoms with Crippen molar-refractivity contribution in [2.45, 2.75) is 24.3 Å². The maximum atomic E-state index is 11.9. The summed E-state index contributed by atoms with van der Waals surface area (Å²) in [6.45, 7) is 2.23. The Kier molecular flexibility index (Phi) is 6.04. The van der Waals surface area contributed by atoms with Crippen molar-refractivity contribution in [1.82, 2.24) is 5.32 Å². The van der Waals surface area contributed by atoms with Crippen LogP contribution >= 0.6 is 11.8 Å². The van der Waals surface area contributed by atoms with E-state index in [1.54, 1.807) is 11.8 Å². The van der Waals surface area contributed by atoms with Crippen molar-refractivity contribution in [2.75, 3.05) is 12.8 Å². The number of rotatable bonds is 6. The maximum absolute atomic E-state index is 11.9. The molecule has 0 fully saturated rings. The molecule has 0 saturated carbocycles. The molecular formula is C18H21NO2S. The molecule has 0 radical (unpaired) electrons. The zero-order valence-electron chi connectivity index (χ0n) is 12.9. The van der Waals surface area contributed by atoms with Crippen LogP contribution in [-0.2, 0) is 11.2 Å². The Labute approximate surface area is 135 Å². The van der Waals surface area contributed by atoms with E-state index >= 15 is 0 Å². The van der Waals surface area contributed by atoms with E-state index in [-0.39, 0.29) is 12.5 Å². The van der Waals surface area contributed by atoms with Gasteiger partial charge in [0.15, 0.2) is 0 Å². The molecule has 2 rings (SSSR count). The fraction of sp³-hybridized carbons (Fsp3) is 0.278. The lowest BCUT2D eigenvalue weighted by Gasteiger charge is -2.13. The normalized spacial score (nSPS) is 12.0. The summed E-state index contributed by atoms with van der Waals surface area (Å²) in [5.41, 5.74) is 2.93. The number of aliphatic hydroxyl groups is 1. The molecule has 2 aromatic rings. The first-order valence-corrected chi connectivity index (χ1v) is 8.45. The maximum Gasteiger partial charge on any atom is 0.224 e. The zero-order valence-corrected chi connectivity index (χ0v) is 13.7. The lowest BCUT2D eigenvalue weighted by Crippen LogP contribution is -2.29. The number of carbonyl (C=O) groups is 1. The van der Waals surface area contributed by atoms with E-state index < -0.39 is 6.10 Å². The van der Waals surface area contributed by atoms with Crippen LogP contribution < -0.4 is 5.32 Å². The van der Waals surface area contributed by atoms with Gasteiger partial charge in [-0.2, -0.15) is 0 Å². The van der Waals surface area contributed by atoms with Gasteiger partial charge in [-0.05, 0) is 36.4 Å². The van der Waals surface area contributed by atoms with Crippen LogP contribution in [0.5, 0.6) is 0 Å². The first-order chi connectivity index (χ1) is 10.6. The first-order valence-electron chi connectivity index (χ1n) is 7.23. The highest BCUT2D eigenvalue weighted by atomic mass is 32.2. The molecule has 2 aromatic carbocycles. The van der Waals surface area contributed by atoms with Gasteiger partial charge in [0.25, 0.3) is 0 Å². The lowest BCUT2D eigenvalue weighted by atomic mass is 10.1. The summed E-state index contributed by atoms with van der Waals surface area (Å²) in [5.74, 6) is -0.0783. The lowest BCUT2D eigenvalue weighted by molar-refractivity contribution is -0.120. The van der Waals surface area contributed by atoms with Crippen molar-refractivity contribution in [3.8, 4) is 0 Å². The molecule has 0 aliphatic heterocycles. The van der Waals surface area contributed by atoms with Crippen LogP contribution in [0.15, 0.2) is 53.4 Å². The Balaban J connectivity index is 1.84. The number of nitrogens with one attached hydrogen (secondary N) is 1. The minimum atomic E-state index is -0.683. The Morgan fingerprint density at radius 3 is 2.59 bits per heavy atom. The van der Waals surface area contributed by atoms with E-state index in [2.05, 4.69) is 5.32 Å². The number of carbonyl (C=O) groups excluding carboxylic acids is 1. The highest BCUT2D eigenvalue weighted by Gasteiger charge is 2.10. The number of benzene rings is 2. The Bertz CT molecular complexity index is 625. The molecule has 0 bridgehead atoms. The number of thioether (sulfide) groups is 1. The fourth-order valence-corrected chi connectivity index (χ4v) is 2.63. The molecule has 0 saturated heterocycles. The Hall–Kier alpha value is -1.78. The minimum Gasteiger partial charge on any atom is -0.387 e. The quantitative estimate of drug-likeness (QED) is 0.805. The second-order valence-electron chi connectivity index (χ2n) is 5.26. The van der Waals surface area contributed by atoms with Gasteiger partial charge in [-0.3, -0.25) is 4.79 Å². The SMILES string of the molecule is CSc1ccc([C@H](O)CNC(=O)Cc2cccc(C)c2)cc1. The van der Waals surface area contributed by atoms with Gasteiger partial charge >= 0.3 is 0 Å². The van der Waals surface area contributed by atoms with Gasteiger partial charge in [-0.15, -0.1) is 11.8 Å². The van der Waals surface area contributed by atoms with Crippen LogP contribution in [-0.4, -0.2) is 23.8 Å². The molecule has 1 atom stereocenters. The summed E-state index contributed by atoms with van der Waals surface area (Å²) < 4.78 is 0. The van der Waals surface area contributed by atoms with Crippen LogP contribution in [0.1, 0.15) is 22.8 Å². The Morgan fingerprint density at radius 1 is 1.23 bits per heavy atom. The van der Waals surface area contributed by atoms with Crippen molar-refractivity contribution < 1.29 is 9.90 Å². The van der Waals surface area contributed by atoms with Crippen LogP contribution in [0.4, 0.5) is 0 Å². The van der Waals surface area contributed by atoms with Gasteiger partial charge in [0.1, 0.15) is 0 Å².